The Bertz CT molecular complexity index is 474. The Balaban J connectivity index is 1.46. The lowest BCUT2D eigenvalue weighted by Crippen LogP contribution is -2.39. The van der Waals surface area contributed by atoms with Gasteiger partial charge in [-0.3, -0.25) is 9.89 Å². The van der Waals surface area contributed by atoms with E-state index >= 15 is 0 Å². The van der Waals surface area contributed by atoms with Gasteiger partial charge < -0.3 is 10.6 Å². The number of likely N-dealkylation sites (tertiary alicyclic amines) is 1. The molecule has 0 bridgehead atoms. The third kappa shape index (κ3) is 3.98. The molecule has 4 nitrogen and oxygen atoms in total. The molecule has 2 aliphatic rings. The summed E-state index contributed by atoms with van der Waals surface area (Å²) in [5.74, 6) is 0.755. The van der Waals surface area contributed by atoms with E-state index in [1.165, 1.54) is 37.7 Å². The molecule has 116 valence electrons. The molecule has 5 heteroatoms. The predicted octanol–water partition coefficient (Wildman–Crippen LogP) is 2.30. The number of thiophene rings is 1. The second kappa shape index (κ2) is 7.27. The van der Waals surface area contributed by atoms with Crippen LogP contribution in [0.4, 0.5) is 0 Å². The largest absolute Gasteiger partial charge is 0.370 e. The zero-order chi connectivity index (χ0) is 14.5. The van der Waals surface area contributed by atoms with Gasteiger partial charge in [-0.2, -0.15) is 0 Å². The Kier molecular flexibility index (Phi) is 5.14. The van der Waals surface area contributed by atoms with E-state index in [9.17, 15) is 0 Å². The number of aliphatic imine (C=N–C) groups is 1. The molecule has 0 atom stereocenters. The Labute approximate surface area is 131 Å². The number of guanidine groups is 1. The molecular weight excluding hydrogens is 280 g/mol. The minimum Gasteiger partial charge on any atom is -0.370 e. The average molecular weight is 306 g/mol. The summed E-state index contributed by atoms with van der Waals surface area (Å²) in [6.45, 7) is 6.24. The van der Waals surface area contributed by atoms with Gasteiger partial charge in [0.05, 0.1) is 6.54 Å². The summed E-state index contributed by atoms with van der Waals surface area (Å²) < 4.78 is 0. The van der Waals surface area contributed by atoms with E-state index in [1.54, 1.807) is 4.88 Å². The van der Waals surface area contributed by atoms with Crippen LogP contribution in [0.1, 0.15) is 36.1 Å². The van der Waals surface area contributed by atoms with Gasteiger partial charge in [0.1, 0.15) is 0 Å². The highest BCUT2D eigenvalue weighted by Crippen LogP contribution is 2.23. The van der Waals surface area contributed by atoms with Crippen LogP contribution >= 0.6 is 11.3 Å². The van der Waals surface area contributed by atoms with Crippen molar-refractivity contribution in [1.82, 2.24) is 9.80 Å². The fourth-order valence-corrected chi connectivity index (χ4v) is 4.09. The topological polar surface area (TPSA) is 44.9 Å². The Hall–Kier alpha value is -1.07. The molecule has 0 amide bonds. The van der Waals surface area contributed by atoms with Crippen LogP contribution in [0, 0.1) is 0 Å². The first-order valence-electron chi connectivity index (χ1n) is 8.15. The van der Waals surface area contributed by atoms with Crippen molar-refractivity contribution >= 4 is 17.3 Å². The van der Waals surface area contributed by atoms with Gasteiger partial charge in [0.25, 0.3) is 0 Å². The Morgan fingerprint density at radius 1 is 1.19 bits per heavy atom. The molecule has 3 rings (SSSR count). The third-order valence-corrected chi connectivity index (χ3v) is 5.53. The first kappa shape index (κ1) is 14.9. The van der Waals surface area contributed by atoms with Crippen LogP contribution in [-0.4, -0.2) is 48.5 Å². The molecule has 2 aliphatic heterocycles. The maximum absolute atomic E-state index is 6.15. The quantitative estimate of drug-likeness (QED) is 0.688. The van der Waals surface area contributed by atoms with Gasteiger partial charge >= 0.3 is 0 Å². The monoisotopic (exact) mass is 306 g/mol. The van der Waals surface area contributed by atoms with Gasteiger partial charge in [-0.1, -0.05) is 12.8 Å². The summed E-state index contributed by atoms with van der Waals surface area (Å²) in [5, 5.41) is 2.21. The summed E-state index contributed by atoms with van der Waals surface area (Å²) in [5.41, 5.74) is 7.66. The van der Waals surface area contributed by atoms with Gasteiger partial charge in [0.15, 0.2) is 5.96 Å². The van der Waals surface area contributed by atoms with Gasteiger partial charge in [-0.15, -0.1) is 11.3 Å². The summed E-state index contributed by atoms with van der Waals surface area (Å²) in [4.78, 5) is 10.9. The first-order chi connectivity index (χ1) is 10.3. The highest BCUT2D eigenvalue weighted by Gasteiger charge is 2.16. The second-order valence-corrected chi connectivity index (χ2v) is 7.04. The highest BCUT2D eigenvalue weighted by molar-refractivity contribution is 7.10. The summed E-state index contributed by atoms with van der Waals surface area (Å²) >= 11 is 1.90. The molecule has 0 saturated carbocycles. The van der Waals surface area contributed by atoms with Gasteiger partial charge in [-0.25, -0.2) is 0 Å². The van der Waals surface area contributed by atoms with Gasteiger partial charge in [-0.05, 0) is 36.3 Å². The number of nitrogens with two attached hydrogens (primary N) is 1. The maximum atomic E-state index is 6.15. The molecule has 3 heterocycles. The fourth-order valence-electron chi connectivity index (χ4n) is 3.20. The fraction of sp³-hybridized carbons (Fsp3) is 0.688. The van der Waals surface area contributed by atoms with Crippen LogP contribution in [0.5, 0.6) is 0 Å². The zero-order valence-electron chi connectivity index (χ0n) is 12.8. The van der Waals surface area contributed by atoms with Crippen LogP contribution in [0.2, 0.25) is 0 Å². The summed E-state index contributed by atoms with van der Waals surface area (Å²) in [7, 11) is 0. The lowest BCUT2D eigenvalue weighted by atomic mass is 10.1. The number of hydrogen-bond donors (Lipinski definition) is 1. The minimum absolute atomic E-state index is 0.755. The van der Waals surface area contributed by atoms with E-state index in [4.69, 9.17) is 5.73 Å². The molecule has 1 fully saturated rings. The molecule has 1 saturated heterocycles. The van der Waals surface area contributed by atoms with Crippen molar-refractivity contribution < 1.29 is 0 Å². The van der Waals surface area contributed by atoms with Crippen molar-refractivity contribution in [3.05, 3.63) is 21.9 Å². The Morgan fingerprint density at radius 3 is 2.81 bits per heavy atom. The van der Waals surface area contributed by atoms with E-state index in [-0.39, 0.29) is 0 Å². The number of nitrogens with zero attached hydrogens (tertiary/aromatic N) is 3. The van der Waals surface area contributed by atoms with Crippen molar-refractivity contribution in [3.8, 4) is 0 Å². The highest BCUT2D eigenvalue weighted by atomic mass is 32.1. The summed E-state index contributed by atoms with van der Waals surface area (Å²) in [6.07, 6.45) is 6.37. The van der Waals surface area contributed by atoms with E-state index in [1.807, 2.05) is 11.3 Å². The van der Waals surface area contributed by atoms with E-state index in [2.05, 4.69) is 26.2 Å². The molecule has 1 aromatic heterocycles. The molecule has 0 spiro atoms. The standard InChI is InChI=1S/C16H26N4S/c17-16(20-8-3-1-2-4-9-20)18-7-11-19-10-5-15-14(13-19)6-12-21-15/h6,12H,1-5,7-11,13H2,(H2,17,18). The third-order valence-electron chi connectivity index (χ3n) is 4.51. The van der Waals surface area contributed by atoms with Crippen LogP contribution in [0.3, 0.4) is 0 Å². The van der Waals surface area contributed by atoms with Crippen molar-refractivity contribution in [2.45, 2.75) is 38.6 Å². The lowest BCUT2D eigenvalue weighted by molar-refractivity contribution is 0.263. The number of fused-ring (bicyclic) bond motifs is 1. The minimum atomic E-state index is 0.755. The molecular formula is C16H26N4S. The average Bonchev–Trinajstić information content (AvgIpc) is 2.79. The number of hydrogen-bond acceptors (Lipinski definition) is 3. The van der Waals surface area contributed by atoms with Crippen molar-refractivity contribution in [1.29, 1.82) is 0 Å². The van der Waals surface area contributed by atoms with Crippen molar-refractivity contribution in [2.75, 3.05) is 32.7 Å². The molecule has 2 N–H and O–H groups in total. The molecule has 0 aliphatic carbocycles. The van der Waals surface area contributed by atoms with Crippen LogP contribution in [0.25, 0.3) is 0 Å². The van der Waals surface area contributed by atoms with Crippen LogP contribution < -0.4 is 5.73 Å². The second-order valence-electron chi connectivity index (χ2n) is 6.04. The van der Waals surface area contributed by atoms with Crippen LogP contribution in [0.15, 0.2) is 16.4 Å². The van der Waals surface area contributed by atoms with Crippen molar-refractivity contribution in [2.24, 2.45) is 10.7 Å². The normalized spacial score (nSPS) is 21.1. The number of rotatable bonds is 3. The lowest BCUT2D eigenvalue weighted by Gasteiger charge is -2.26. The molecule has 21 heavy (non-hydrogen) atoms. The molecule has 0 radical (unpaired) electrons. The maximum Gasteiger partial charge on any atom is 0.191 e. The van der Waals surface area contributed by atoms with Crippen molar-refractivity contribution in [3.63, 3.8) is 0 Å². The van der Waals surface area contributed by atoms with E-state index in [0.29, 0.717) is 0 Å². The van der Waals surface area contributed by atoms with E-state index in [0.717, 1.165) is 45.2 Å². The molecule has 0 unspecified atom stereocenters. The van der Waals surface area contributed by atoms with Crippen LogP contribution in [-0.2, 0) is 13.0 Å². The summed E-state index contributed by atoms with van der Waals surface area (Å²) in [6, 6.07) is 2.26. The first-order valence-corrected chi connectivity index (χ1v) is 9.03. The van der Waals surface area contributed by atoms with Gasteiger partial charge in [0, 0.05) is 37.6 Å². The predicted molar refractivity (Wildman–Crippen MR) is 89.8 cm³/mol. The van der Waals surface area contributed by atoms with Gasteiger partial charge in [0.2, 0.25) is 0 Å². The van der Waals surface area contributed by atoms with E-state index < -0.39 is 0 Å². The SMILES string of the molecule is NC(=NCCN1CCc2sccc2C1)N1CCCCCC1. The molecule has 1 aromatic rings. The smallest absolute Gasteiger partial charge is 0.191 e. The Morgan fingerprint density at radius 2 is 2.00 bits per heavy atom. The molecule has 0 aromatic carbocycles. The zero-order valence-corrected chi connectivity index (χ0v) is 13.6.